The molecule has 100 valence electrons. The van der Waals surface area contributed by atoms with Gasteiger partial charge in [0.1, 0.15) is 5.25 Å². The van der Waals surface area contributed by atoms with E-state index in [0.717, 1.165) is 19.4 Å². The molecule has 1 aliphatic rings. The Labute approximate surface area is 108 Å². The Hall–Kier alpha value is -0.980. The molecule has 0 spiro atoms. The maximum atomic E-state index is 12.2. The summed E-state index contributed by atoms with van der Waals surface area (Å²) < 4.78 is 27.2. The lowest BCUT2D eigenvalue weighted by Gasteiger charge is -2.25. The number of hydrogen-bond acceptors (Lipinski definition) is 4. The van der Waals surface area contributed by atoms with Gasteiger partial charge in [0, 0.05) is 18.8 Å². The lowest BCUT2D eigenvalue weighted by Crippen LogP contribution is -2.46. The van der Waals surface area contributed by atoms with Gasteiger partial charge in [-0.3, -0.25) is 4.98 Å². The summed E-state index contributed by atoms with van der Waals surface area (Å²) in [5, 5.41) is 2.57. The molecule has 6 heteroatoms. The minimum atomic E-state index is -3.37. The first-order valence-corrected chi connectivity index (χ1v) is 7.77. The zero-order chi connectivity index (χ0) is 13.0. The van der Waals surface area contributed by atoms with Crippen LogP contribution >= 0.6 is 0 Å². The number of pyridine rings is 1. The standard InChI is InChI=1S/C12H19N3O2S/c1-10(12-6-2-3-8-14-12)18(16,17)15-11-5-4-7-13-9-11/h2-3,6,8,10-11,13,15H,4-5,7,9H2,1H3/t10-,11+/m1/s1. The first kappa shape index (κ1) is 13.5. The van der Waals surface area contributed by atoms with Crippen molar-refractivity contribution in [2.75, 3.05) is 13.1 Å². The number of hydrogen-bond donors (Lipinski definition) is 2. The van der Waals surface area contributed by atoms with Crippen LogP contribution in [0.5, 0.6) is 0 Å². The zero-order valence-electron chi connectivity index (χ0n) is 10.5. The molecule has 2 rings (SSSR count). The van der Waals surface area contributed by atoms with E-state index < -0.39 is 15.3 Å². The molecule has 18 heavy (non-hydrogen) atoms. The SMILES string of the molecule is C[C@H](c1ccccn1)S(=O)(=O)N[C@H]1CCCNC1. The Morgan fingerprint density at radius 2 is 2.33 bits per heavy atom. The van der Waals surface area contributed by atoms with Crippen molar-refractivity contribution in [2.45, 2.75) is 31.1 Å². The summed E-state index contributed by atoms with van der Waals surface area (Å²) in [4.78, 5) is 4.10. The molecule has 0 bridgehead atoms. The summed E-state index contributed by atoms with van der Waals surface area (Å²) in [5.74, 6) is 0. The smallest absolute Gasteiger partial charge is 0.220 e. The maximum absolute atomic E-state index is 12.2. The molecule has 0 aliphatic carbocycles. The van der Waals surface area contributed by atoms with Crippen molar-refractivity contribution >= 4 is 10.0 Å². The van der Waals surface area contributed by atoms with E-state index in [1.165, 1.54) is 0 Å². The van der Waals surface area contributed by atoms with Gasteiger partial charge in [-0.25, -0.2) is 13.1 Å². The van der Waals surface area contributed by atoms with Crippen molar-refractivity contribution in [2.24, 2.45) is 0 Å². The number of sulfonamides is 1. The normalized spacial score (nSPS) is 22.6. The summed E-state index contributed by atoms with van der Waals surface area (Å²) in [6.45, 7) is 3.34. The minimum Gasteiger partial charge on any atom is -0.315 e. The zero-order valence-corrected chi connectivity index (χ0v) is 11.3. The average Bonchev–Trinajstić information content (AvgIpc) is 2.39. The van der Waals surface area contributed by atoms with Gasteiger partial charge in [-0.2, -0.15) is 0 Å². The van der Waals surface area contributed by atoms with Crippen LogP contribution in [0.1, 0.15) is 30.7 Å². The van der Waals surface area contributed by atoms with E-state index in [-0.39, 0.29) is 6.04 Å². The minimum absolute atomic E-state index is 0.00471. The predicted molar refractivity (Wildman–Crippen MR) is 70.6 cm³/mol. The van der Waals surface area contributed by atoms with Crippen LogP contribution in [0.25, 0.3) is 0 Å². The Morgan fingerprint density at radius 1 is 1.50 bits per heavy atom. The second-order valence-electron chi connectivity index (χ2n) is 4.60. The van der Waals surface area contributed by atoms with Gasteiger partial charge >= 0.3 is 0 Å². The van der Waals surface area contributed by atoms with Gasteiger partial charge in [0.15, 0.2) is 0 Å². The predicted octanol–water partition coefficient (Wildman–Crippen LogP) is 0.814. The molecular formula is C12H19N3O2S. The third kappa shape index (κ3) is 3.28. The molecule has 2 heterocycles. The number of aromatic nitrogens is 1. The fourth-order valence-electron chi connectivity index (χ4n) is 2.06. The topological polar surface area (TPSA) is 71.1 Å². The van der Waals surface area contributed by atoms with E-state index in [2.05, 4.69) is 15.0 Å². The molecule has 1 fully saturated rings. The molecule has 0 radical (unpaired) electrons. The van der Waals surface area contributed by atoms with E-state index in [1.807, 2.05) is 0 Å². The fourth-order valence-corrected chi connectivity index (χ4v) is 3.39. The van der Waals surface area contributed by atoms with E-state index in [9.17, 15) is 8.42 Å². The van der Waals surface area contributed by atoms with Crippen molar-refractivity contribution in [1.82, 2.24) is 15.0 Å². The number of nitrogens with zero attached hydrogens (tertiary/aromatic N) is 1. The van der Waals surface area contributed by atoms with E-state index in [4.69, 9.17) is 0 Å². The Balaban J connectivity index is 2.06. The van der Waals surface area contributed by atoms with Crippen LogP contribution in [0.2, 0.25) is 0 Å². The third-order valence-corrected chi connectivity index (χ3v) is 5.03. The van der Waals surface area contributed by atoms with E-state index >= 15 is 0 Å². The monoisotopic (exact) mass is 269 g/mol. The lowest BCUT2D eigenvalue weighted by atomic mass is 10.1. The number of piperidine rings is 1. The second-order valence-corrected chi connectivity index (χ2v) is 6.64. The van der Waals surface area contributed by atoms with Crippen LogP contribution in [0, 0.1) is 0 Å². The van der Waals surface area contributed by atoms with Crippen molar-refractivity contribution in [3.63, 3.8) is 0 Å². The lowest BCUT2D eigenvalue weighted by molar-refractivity contribution is 0.427. The van der Waals surface area contributed by atoms with Gasteiger partial charge < -0.3 is 5.32 Å². The number of rotatable bonds is 4. The Kier molecular flexibility index (Phi) is 4.31. The Morgan fingerprint density at radius 3 is 2.94 bits per heavy atom. The largest absolute Gasteiger partial charge is 0.315 e. The molecule has 0 amide bonds. The highest BCUT2D eigenvalue weighted by Crippen LogP contribution is 2.19. The summed E-state index contributed by atoms with van der Waals surface area (Å²) in [6, 6.07) is 5.32. The van der Waals surface area contributed by atoms with Crippen LogP contribution in [0.15, 0.2) is 24.4 Å². The summed E-state index contributed by atoms with van der Waals surface area (Å²) in [6.07, 6.45) is 3.51. The van der Waals surface area contributed by atoms with Gasteiger partial charge in [0.25, 0.3) is 0 Å². The molecule has 1 aromatic heterocycles. The Bertz CT molecular complexity index is 469. The van der Waals surface area contributed by atoms with Gasteiger partial charge in [0.05, 0.1) is 5.69 Å². The van der Waals surface area contributed by atoms with Gasteiger partial charge in [0.2, 0.25) is 10.0 Å². The fraction of sp³-hybridized carbons (Fsp3) is 0.583. The molecule has 5 nitrogen and oxygen atoms in total. The highest BCUT2D eigenvalue weighted by Gasteiger charge is 2.27. The first-order valence-electron chi connectivity index (χ1n) is 6.22. The van der Waals surface area contributed by atoms with Gasteiger partial charge in [-0.15, -0.1) is 0 Å². The van der Waals surface area contributed by atoms with Gasteiger partial charge in [-0.1, -0.05) is 6.07 Å². The molecule has 1 aliphatic heterocycles. The van der Waals surface area contributed by atoms with E-state index in [0.29, 0.717) is 12.2 Å². The highest BCUT2D eigenvalue weighted by atomic mass is 32.2. The van der Waals surface area contributed by atoms with Gasteiger partial charge in [-0.05, 0) is 38.4 Å². The van der Waals surface area contributed by atoms with Crippen LogP contribution in [-0.2, 0) is 10.0 Å². The molecular weight excluding hydrogens is 250 g/mol. The van der Waals surface area contributed by atoms with Crippen molar-refractivity contribution in [3.8, 4) is 0 Å². The third-order valence-electron chi connectivity index (χ3n) is 3.20. The quantitative estimate of drug-likeness (QED) is 0.848. The average molecular weight is 269 g/mol. The molecule has 0 aromatic carbocycles. The van der Waals surface area contributed by atoms with Crippen LogP contribution < -0.4 is 10.0 Å². The molecule has 2 atom stereocenters. The highest BCUT2D eigenvalue weighted by molar-refractivity contribution is 7.89. The first-order chi connectivity index (χ1) is 8.59. The summed E-state index contributed by atoms with van der Waals surface area (Å²) in [7, 11) is -3.37. The summed E-state index contributed by atoms with van der Waals surface area (Å²) >= 11 is 0. The number of nitrogens with one attached hydrogen (secondary N) is 2. The molecule has 0 unspecified atom stereocenters. The molecule has 1 saturated heterocycles. The molecule has 2 N–H and O–H groups in total. The van der Waals surface area contributed by atoms with Crippen LogP contribution in [-0.4, -0.2) is 32.5 Å². The summed E-state index contributed by atoms with van der Waals surface area (Å²) in [5.41, 5.74) is 0.578. The van der Waals surface area contributed by atoms with Crippen molar-refractivity contribution < 1.29 is 8.42 Å². The van der Waals surface area contributed by atoms with Crippen LogP contribution in [0.4, 0.5) is 0 Å². The van der Waals surface area contributed by atoms with Crippen molar-refractivity contribution in [3.05, 3.63) is 30.1 Å². The van der Waals surface area contributed by atoms with Crippen molar-refractivity contribution in [1.29, 1.82) is 0 Å². The molecule has 0 saturated carbocycles. The van der Waals surface area contributed by atoms with E-state index in [1.54, 1.807) is 31.3 Å². The van der Waals surface area contributed by atoms with Crippen LogP contribution in [0.3, 0.4) is 0 Å². The maximum Gasteiger partial charge on any atom is 0.220 e. The molecule has 1 aromatic rings. The second kappa shape index (κ2) is 5.77.